The summed E-state index contributed by atoms with van der Waals surface area (Å²) in [7, 11) is 0. The Morgan fingerprint density at radius 1 is 0.638 bits per heavy atom. The Morgan fingerprint density at radius 2 is 1.05 bits per heavy atom. The normalized spacial score (nSPS) is 35.1. The molecule has 8 atom stereocenters. The molecule has 0 bridgehead atoms. The second-order valence-corrected chi connectivity index (χ2v) is 16.3. The van der Waals surface area contributed by atoms with Crippen molar-refractivity contribution in [3.05, 3.63) is 175 Å². The molecule has 2 aromatic rings. The van der Waals surface area contributed by atoms with Crippen LogP contribution in [0.2, 0.25) is 0 Å². The van der Waals surface area contributed by atoms with Gasteiger partial charge in [0, 0.05) is 10.8 Å². The molecule has 58 heavy (non-hydrogen) atoms. The van der Waals surface area contributed by atoms with Crippen LogP contribution in [0, 0.1) is 68.5 Å². The molecule has 2 fully saturated rings. The van der Waals surface area contributed by atoms with E-state index in [2.05, 4.69) is 157 Å². The van der Waals surface area contributed by atoms with Gasteiger partial charge < -0.3 is 6.42 Å². The fourth-order valence-corrected chi connectivity index (χ4v) is 10.7. The number of rotatable bonds is 0. The third-order valence-corrected chi connectivity index (χ3v) is 14.7. The van der Waals surface area contributed by atoms with Gasteiger partial charge in [-0.3, -0.25) is 6.08 Å². The average molecular weight is 919 g/mol. The summed E-state index contributed by atoms with van der Waals surface area (Å²) >= 11 is 1.30. The van der Waals surface area contributed by atoms with Crippen molar-refractivity contribution >= 4 is 29.0 Å². The first kappa shape index (κ1) is 51.4. The molecule has 2 saturated carbocycles. The van der Waals surface area contributed by atoms with E-state index in [0.717, 1.165) is 30.7 Å². The molecule has 8 unspecified atom stereocenters. The molecule has 0 aliphatic heterocycles. The summed E-state index contributed by atoms with van der Waals surface area (Å²) in [6.45, 7) is 20.3. The molecule has 2 aromatic carbocycles. The van der Waals surface area contributed by atoms with Gasteiger partial charge >= 0.3 is 40.8 Å². The zero-order chi connectivity index (χ0) is 41.9. The number of allylic oxidation sites excluding steroid dienone is 16. The van der Waals surface area contributed by atoms with Crippen LogP contribution in [0.1, 0.15) is 72.9 Å². The fourth-order valence-electron chi connectivity index (χ4n) is 10.7. The number of hydrogen-bond acceptors (Lipinski definition) is 0. The zero-order valence-electron chi connectivity index (χ0n) is 34.4. The van der Waals surface area contributed by atoms with Crippen LogP contribution in [0.3, 0.4) is 0 Å². The molecule has 314 valence electrons. The maximum absolute atomic E-state index is 11.8. The van der Waals surface area contributed by atoms with E-state index in [0.29, 0.717) is 5.92 Å². The molecule has 9 heteroatoms. The molecule has 0 heterocycles. The Hall–Kier alpha value is -2.73. The second-order valence-electron chi connectivity index (χ2n) is 16.3. The van der Waals surface area contributed by atoms with Crippen molar-refractivity contribution in [3.8, 4) is 0 Å². The van der Waals surface area contributed by atoms with E-state index in [1.54, 1.807) is 0 Å². The van der Waals surface area contributed by atoms with E-state index in [1.165, 1.54) is 54.1 Å². The maximum atomic E-state index is 11.8. The second kappa shape index (κ2) is 18.9. The monoisotopic (exact) mass is 916 g/mol. The van der Waals surface area contributed by atoms with Crippen molar-refractivity contribution < 1.29 is 50.6 Å². The van der Waals surface area contributed by atoms with E-state index in [9.17, 15) is 26.3 Å². The number of fused-ring (bicyclic) bond motifs is 8. The molecule has 0 spiro atoms. The van der Waals surface area contributed by atoms with Gasteiger partial charge in [0.15, 0.2) is 0 Å². The standard InChI is InChI=1S/C29H37.2C7H4F3.C5H5.CH2.2ClH.Zr/c1-21-14-13-15-22-20-27(6)25(4)18-10-9-16-23(25,2)24(3)17-11-12-19-26(24,5)29(27,8)28(21,22)7;2*8-7(9,10)6-4-2-1-3-5-6;1-2-4-5-3-1;;;;/h9-20,22H,1-8H3;2*2-5H;1-3H,4H2;1H2;2*1H;/q4*-1;;;;. The number of hydrogen-bond donors (Lipinski definition) is 0. The van der Waals surface area contributed by atoms with E-state index < -0.39 is 23.5 Å². The third-order valence-electron chi connectivity index (χ3n) is 14.7. The molecule has 0 aromatic heterocycles. The summed E-state index contributed by atoms with van der Waals surface area (Å²) in [5.74, 6) is 0.460. The van der Waals surface area contributed by atoms with Crippen LogP contribution in [-0.4, -0.2) is 4.21 Å². The summed E-state index contributed by atoms with van der Waals surface area (Å²) in [4.78, 5) is 0. The summed E-state index contributed by atoms with van der Waals surface area (Å²) in [5, 5.41) is 0. The van der Waals surface area contributed by atoms with Gasteiger partial charge in [0.25, 0.3) is 0 Å². The summed E-state index contributed by atoms with van der Waals surface area (Å²) in [6.07, 6.45) is 30.8. The van der Waals surface area contributed by atoms with E-state index in [-0.39, 0.29) is 62.7 Å². The van der Waals surface area contributed by atoms with Gasteiger partial charge in [-0.25, -0.2) is 12.2 Å². The summed E-state index contributed by atoms with van der Waals surface area (Å²) < 4.78 is 74.0. The van der Waals surface area contributed by atoms with E-state index >= 15 is 0 Å². The molecular formula is C49H54Cl2F6Zr-4. The number of halogens is 8. The number of alkyl halides is 6. The molecule has 6 aliphatic rings. The SMILES string of the molecule is CC1=CC=CC2[CH-]C3(C)C4(C)C=CC=CC4(C)C4(C)C=CC=CC4(C)C3(C)C12C.Cl.Cl.FC(F)(F)c1cc[c-]cc1.FC(F)(F)c1cc[c-]cc1.[C-]1=CC=CC1.[CH2]=[Zr]. The average Bonchev–Trinajstić information content (AvgIpc) is 3.82. The van der Waals surface area contributed by atoms with Gasteiger partial charge in [-0.15, -0.1) is 48.6 Å². The van der Waals surface area contributed by atoms with E-state index in [1.807, 2.05) is 12.2 Å². The topological polar surface area (TPSA) is 0 Å². The van der Waals surface area contributed by atoms with Crippen LogP contribution < -0.4 is 0 Å². The van der Waals surface area contributed by atoms with Crippen molar-refractivity contribution in [2.24, 2.45) is 43.8 Å². The van der Waals surface area contributed by atoms with E-state index in [4.69, 9.17) is 0 Å². The van der Waals surface area contributed by atoms with Crippen molar-refractivity contribution in [3.63, 3.8) is 0 Å². The minimum absolute atomic E-state index is 0. The molecule has 0 radical (unpaired) electrons. The van der Waals surface area contributed by atoms with Crippen molar-refractivity contribution in [1.29, 1.82) is 0 Å². The number of benzene rings is 2. The van der Waals surface area contributed by atoms with Gasteiger partial charge in [-0.05, 0) is 28.6 Å². The summed E-state index contributed by atoms with van der Waals surface area (Å²) in [6, 6.07) is 13.9. The van der Waals surface area contributed by atoms with Crippen LogP contribution in [0.15, 0.2) is 139 Å². The Labute approximate surface area is 370 Å². The van der Waals surface area contributed by atoms with Gasteiger partial charge in [0.05, 0.1) is 0 Å². The Kier molecular flexibility index (Phi) is 16.8. The first-order chi connectivity index (χ1) is 26.1. The first-order valence-corrected chi connectivity index (χ1v) is 20.4. The third kappa shape index (κ3) is 8.07. The predicted octanol–water partition coefficient (Wildman–Crippen LogP) is 14.8. The van der Waals surface area contributed by atoms with Crippen molar-refractivity contribution in [2.75, 3.05) is 0 Å². The molecule has 8 rings (SSSR count). The van der Waals surface area contributed by atoms with Gasteiger partial charge in [0.2, 0.25) is 0 Å². The van der Waals surface area contributed by atoms with Gasteiger partial charge in [-0.1, -0.05) is 126 Å². The van der Waals surface area contributed by atoms with Crippen molar-refractivity contribution in [1.82, 2.24) is 0 Å². The van der Waals surface area contributed by atoms with Crippen LogP contribution >= 0.6 is 24.8 Å². The predicted molar refractivity (Wildman–Crippen MR) is 228 cm³/mol. The molecular weight excluding hydrogens is 865 g/mol. The van der Waals surface area contributed by atoms with Crippen LogP contribution in [0.4, 0.5) is 26.3 Å². The van der Waals surface area contributed by atoms with Crippen LogP contribution in [0.25, 0.3) is 0 Å². The van der Waals surface area contributed by atoms with Crippen LogP contribution in [0.5, 0.6) is 0 Å². The molecule has 0 amide bonds. The zero-order valence-corrected chi connectivity index (χ0v) is 38.4. The Morgan fingerprint density at radius 3 is 1.41 bits per heavy atom. The molecule has 6 aliphatic carbocycles. The molecule has 0 saturated heterocycles. The first-order valence-electron chi connectivity index (χ1n) is 18.7. The van der Waals surface area contributed by atoms with Crippen molar-refractivity contribution in [2.45, 2.75) is 74.2 Å². The molecule has 0 nitrogen and oxygen atoms in total. The van der Waals surface area contributed by atoms with Gasteiger partial charge in [-0.2, -0.15) is 93.1 Å². The fraction of sp³-hybridized carbons (Fsp3) is 0.388. The Bertz CT molecular complexity index is 1880. The van der Waals surface area contributed by atoms with Gasteiger partial charge in [0.1, 0.15) is 0 Å². The molecule has 0 N–H and O–H groups in total. The quantitative estimate of drug-likeness (QED) is 0.182. The Balaban J connectivity index is 0.000000328. The summed E-state index contributed by atoms with van der Waals surface area (Å²) in [5.41, 5.74) is 0.467. The van der Waals surface area contributed by atoms with Crippen LogP contribution in [-0.2, 0) is 36.6 Å². The minimum atomic E-state index is -4.23.